The number of nitrogens with zero attached hydrogens (tertiary/aromatic N) is 2. The minimum Gasteiger partial charge on any atom is -0.507 e. The zero-order chi connectivity index (χ0) is 18.3. The Morgan fingerprint density at radius 1 is 1.35 bits per heavy atom. The Balaban J connectivity index is 1.82. The highest BCUT2D eigenvalue weighted by molar-refractivity contribution is 8.26. The van der Waals surface area contributed by atoms with Gasteiger partial charge in [0.15, 0.2) is 0 Å². The van der Waals surface area contributed by atoms with Crippen LogP contribution in [0.15, 0.2) is 46.0 Å². The Labute approximate surface area is 157 Å². The minimum absolute atomic E-state index is 0.0820. The normalized spacial score (nSPS) is 15.4. The highest BCUT2D eigenvalue weighted by Gasteiger charge is 2.23. The van der Waals surface area contributed by atoms with Gasteiger partial charge in [0, 0.05) is 29.4 Å². The van der Waals surface area contributed by atoms with Gasteiger partial charge in [0.05, 0.1) is 10.5 Å². The summed E-state index contributed by atoms with van der Waals surface area (Å²) in [6.45, 7) is 0. The number of nitrogens with one attached hydrogen (secondary N) is 1. The second kappa shape index (κ2) is 6.29. The molecule has 1 fully saturated rings. The summed E-state index contributed by atoms with van der Waals surface area (Å²) in [5.41, 5.74) is 2.12. The van der Waals surface area contributed by atoms with E-state index in [9.17, 15) is 9.90 Å². The predicted molar refractivity (Wildman–Crippen MR) is 102 cm³/mol. The Kier molecular flexibility index (Phi) is 3.95. The fourth-order valence-electron chi connectivity index (χ4n) is 2.60. The van der Waals surface area contributed by atoms with Crippen LogP contribution in [0.2, 0.25) is 0 Å². The quantitative estimate of drug-likeness (QED) is 0.519. The van der Waals surface area contributed by atoms with Crippen molar-refractivity contribution in [3.8, 4) is 22.9 Å². The van der Waals surface area contributed by atoms with Crippen molar-refractivity contribution in [1.29, 1.82) is 5.26 Å². The van der Waals surface area contributed by atoms with Gasteiger partial charge in [0.1, 0.15) is 27.5 Å². The third kappa shape index (κ3) is 2.83. The number of phenols is 1. The number of phenolic OH excluding ortho intramolecular Hbond substituents is 1. The van der Waals surface area contributed by atoms with Gasteiger partial charge in [-0.1, -0.05) is 30.0 Å². The third-order valence-corrected chi connectivity index (χ3v) is 4.95. The van der Waals surface area contributed by atoms with Crippen LogP contribution in [0.5, 0.6) is 5.75 Å². The molecular weight excluding hydrogens is 370 g/mol. The van der Waals surface area contributed by atoms with E-state index < -0.39 is 0 Å². The van der Waals surface area contributed by atoms with Crippen LogP contribution in [0.4, 0.5) is 0 Å². The third-order valence-electron chi connectivity index (χ3n) is 3.79. The molecule has 1 aliphatic heterocycles. The molecule has 0 atom stereocenters. The summed E-state index contributed by atoms with van der Waals surface area (Å²) in [6.07, 6.45) is 4.91. The maximum absolute atomic E-state index is 11.8. The van der Waals surface area contributed by atoms with Gasteiger partial charge in [-0.15, -0.1) is 0 Å². The van der Waals surface area contributed by atoms with Gasteiger partial charge in [-0.3, -0.25) is 9.78 Å². The summed E-state index contributed by atoms with van der Waals surface area (Å²) in [6, 6.07) is 8.44. The summed E-state index contributed by atoms with van der Waals surface area (Å²) < 4.78 is 6.31. The zero-order valence-corrected chi connectivity index (χ0v) is 14.6. The molecule has 126 valence electrons. The molecule has 4 rings (SSSR count). The molecule has 6 nitrogen and oxygen atoms in total. The standard InChI is InChI=1S/C18H9N3O3S2/c19-6-10-3-9(1-2-14(10)22)13-8-20-7-11-4-12(24-16(11)13)5-15-17(23)21-18(25)26-15/h1-5,7-8,22H,(H,21,23,25)/b15-5+. The van der Waals surface area contributed by atoms with Crippen molar-refractivity contribution in [2.24, 2.45) is 0 Å². The smallest absolute Gasteiger partial charge is 0.263 e. The van der Waals surface area contributed by atoms with Gasteiger partial charge in [0.2, 0.25) is 0 Å². The minimum atomic E-state index is -0.254. The second-order valence-corrected chi connectivity index (χ2v) is 7.17. The van der Waals surface area contributed by atoms with Crippen LogP contribution in [-0.4, -0.2) is 20.3 Å². The molecule has 0 radical (unpaired) electrons. The topological polar surface area (TPSA) is 99.2 Å². The van der Waals surface area contributed by atoms with Gasteiger partial charge in [0.25, 0.3) is 5.91 Å². The summed E-state index contributed by atoms with van der Waals surface area (Å²) in [4.78, 5) is 16.5. The molecule has 0 bridgehead atoms. The van der Waals surface area contributed by atoms with Crippen LogP contribution in [0.3, 0.4) is 0 Å². The number of carbonyl (C=O) groups excluding carboxylic acids is 1. The van der Waals surface area contributed by atoms with Crippen molar-refractivity contribution in [1.82, 2.24) is 10.3 Å². The van der Waals surface area contributed by atoms with Gasteiger partial charge < -0.3 is 14.8 Å². The van der Waals surface area contributed by atoms with E-state index in [-0.39, 0.29) is 17.2 Å². The van der Waals surface area contributed by atoms with E-state index in [1.807, 2.05) is 6.07 Å². The van der Waals surface area contributed by atoms with Crippen molar-refractivity contribution in [2.45, 2.75) is 0 Å². The van der Waals surface area contributed by atoms with Crippen LogP contribution in [0.1, 0.15) is 11.3 Å². The molecule has 0 saturated carbocycles. The molecule has 1 saturated heterocycles. The number of aromatic hydroxyl groups is 1. The number of rotatable bonds is 2. The molecular formula is C18H9N3O3S2. The monoisotopic (exact) mass is 379 g/mol. The number of thiocarbonyl (C=S) groups is 1. The summed E-state index contributed by atoms with van der Waals surface area (Å²) in [5, 5.41) is 22.1. The Morgan fingerprint density at radius 2 is 2.19 bits per heavy atom. The number of amides is 1. The molecule has 8 heteroatoms. The van der Waals surface area contributed by atoms with E-state index in [4.69, 9.17) is 21.9 Å². The number of aromatic nitrogens is 1. The van der Waals surface area contributed by atoms with Gasteiger partial charge >= 0.3 is 0 Å². The van der Waals surface area contributed by atoms with Crippen molar-refractivity contribution in [3.05, 3.63) is 52.9 Å². The number of furan rings is 1. The first-order valence-electron chi connectivity index (χ1n) is 7.41. The molecule has 0 spiro atoms. The molecule has 2 aromatic heterocycles. The van der Waals surface area contributed by atoms with Crippen LogP contribution in [0, 0.1) is 11.3 Å². The van der Waals surface area contributed by atoms with Crippen molar-refractivity contribution in [3.63, 3.8) is 0 Å². The van der Waals surface area contributed by atoms with E-state index in [1.54, 1.807) is 36.7 Å². The maximum Gasteiger partial charge on any atom is 0.263 e. The zero-order valence-electron chi connectivity index (χ0n) is 13.0. The number of hydrogen-bond donors (Lipinski definition) is 2. The molecule has 26 heavy (non-hydrogen) atoms. The first kappa shape index (κ1) is 16.3. The number of thioether (sulfide) groups is 1. The molecule has 1 amide bonds. The Hall–Kier alpha value is -3.15. The Bertz CT molecular complexity index is 1160. The fraction of sp³-hybridized carbons (Fsp3) is 0. The molecule has 2 N–H and O–H groups in total. The number of benzene rings is 1. The van der Waals surface area contributed by atoms with Gasteiger partial charge in [-0.2, -0.15) is 5.26 Å². The predicted octanol–water partition coefficient (Wildman–Crippen LogP) is 3.56. The van der Waals surface area contributed by atoms with Crippen LogP contribution in [-0.2, 0) is 4.79 Å². The van der Waals surface area contributed by atoms with E-state index in [0.29, 0.717) is 31.7 Å². The molecule has 0 unspecified atom stereocenters. The molecule has 3 aromatic rings. The highest BCUT2D eigenvalue weighted by Crippen LogP contribution is 2.34. The maximum atomic E-state index is 11.8. The lowest BCUT2D eigenvalue weighted by molar-refractivity contribution is -0.115. The number of nitriles is 1. The highest BCUT2D eigenvalue weighted by atomic mass is 32.2. The lowest BCUT2D eigenvalue weighted by Crippen LogP contribution is -2.17. The summed E-state index contributed by atoms with van der Waals surface area (Å²) in [7, 11) is 0. The van der Waals surface area contributed by atoms with E-state index in [1.165, 1.54) is 17.8 Å². The van der Waals surface area contributed by atoms with Crippen molar-refractivity contribution < 1.29 is 14.3 Å². The Morgan fingerprint density at radius 3 is 2.92 bits per heavy atom. The molecule has 3 heterocycles. The number of hydrogen-bond acceptors (Lipinski definition) is 7. The molecule has 0 aliphatic carbocycles. The second-order valence-electron chi connectivity index (χ2n) is 5.45. The van der Waals surface area contributed by atoms with Crippen LogP contribution < -0.4 is 5.32 Å². The number of pyridine rings is 1. The van der Waals surface area contributed by atoms with Gasteiger partial charge in [-0.05, 0) is 23.8 Å². The van der Waals surface area contributed by atoms with E-state index in [0.717, 1.165) is 5.39 Å². The van der Waals surface area contributed by atoms with Crippen LogP contribution in [0.25, 0.3) is 28.2 Å². The molecule has 1 aliphatic rings. The van der Waals surface area contributed by atoms with E-state index in [2.05, 4.69) is 10.3 Å². The number of fused-ring (bicyclic) bond motifs is 1. The first-order chi connectivity index (χ1) is 12.5. The van der Waals surface area contributed by atoms with Gasteiger partial charge in [-0.25, -0.2) is 0 Å². The lowest BCUT2D eigenvalue weighted by Gasteiger charge is -2.03. The largest absolute Gasteiger partial charge is 0.507 e. The average Bonchev–Trinajstić information content (AvgIpc) is 3.17. The van der Waals surface area contributed by atoms with Crippen LogP contribution >= 0.6 is 24.0 Å². The summed E-state index contributed by atoms with van der Waals surface area (Å²) >= 11 is 6.15. The average molecular weight is 379 g/mol. The van der Waals surface area contributed by atoms with Crippen molar-refractivity contribution >= 4 is 51.3 Å². The van der Waals surface area contributed by atoms with E-state index >= 15 is 0 Å². The summed E-state index contributed by atoms with van der Waals surface area (Å²) in [5.74, 6) is 0.161. The molecule has 1 aromatic carbocycles. The SMILES string of the molecule is N#Cc1cc(-c2cncc3cc(/C=C4/SC(=S)NC4=O)oc23)ccc1O. The lowest BCUT2D eigenvalue weighted by atomic mass is 10.0. The first-order valence-corrected chi connectivity index (χ1v) is 8.63. The number of carbonyl (C=O) groups is 1. The van der Waals surface area contributed by atoms with Crippen molar-refractivity contribution in [2.75, 3.05) is 0 Å². The fourth-order valence-corrected chi connectivity index (χ4v) is 3.63.